The van der Waals surface area contributed by atoms with E-state index in [1.807, 2.05) is 60.7 Å². The van der Waals surface area contributed by atoms with Crippen molar-refractivity contribution in [2.75, 3.05) is 5.32 Å². The lowest BCUT2D eigenvalue weighted by atomic mass is 10.2. The lowest BCUT2D eigenvalue weighted by molar-refractivity contribution is -0.105. The van der Waals surface area contributed by atoms with E-state index in [1.165, 1.54) is 0 Å². The van der Waals surface area contributed by atoms with Crippen LogP contribution in [0.4, 0.5) is 5.69 Å². The van der Waals surface area contributed by atoms with Crippen molar-refractivity contribution in [1.82, 2.24) is 9.97 Å². The number of fused-ring (bicyclic) bond motifs is 1. The third-order valence-electron chi connectivity index (χ3n) is 2.98. The smallest absolute Gasteiger partial charge is 0.211 e. The summed E-state index contributed by atoms with van der Waals surface area (Å²) in [7, 11) is 0. The lowest BCUT2D eigenvalue weighted by Gasteiger charge is -1.98. The maximum atomic E-state index is 10.3. The number of nitrogens with one attached hydrogen (secondary N) is 2. The van der Waals surface area contributed by atoms with Crippen molar-refractivity contribution in [2.45, 2.75) is 0 Å². The number of aromatic amines is 1. The molecule has 0 atom stereocenters. The Morgan fingerprint density at radius 3 is 2.55 bits per heavy atom. The number of benzene rings is 2. The molecule has 1 amide bonds. The first-order valence-corrected chi connectivity index (χ1v) is 6.28. The summed E-state index contributed by atoms with van der Waals surface area (Å²) in [6.45, 7) is 0. The molecule has 4 heteroatoms. The topological polar surface area (TPSA) is 57.8 Å². The van der Waals surface area contributed by atoms with Crippen molar-refractivity contribution in [3.63, 3.8) is 0 Å². The van der Waals surface area contributed by atoms with Gasteiger partial charge >= 0.3 is 0 Å². The minimum atomic E-state index is 0.666. The minimum Gasteiger partial charge on any atom is -0.338 e. The number of amides is 1. The zero-order valence-corrected chi connectivity index (χ0v) is 10.7. The van der Waals surface area contributed by atoms with Gasteiger partial charge in [-0.3, -0.25) is 4.79 Å². The number of imidazole rings is 1. The van der Waals surface area contributed by atoms with E-state index in [1.54, 1.807) is 0 Å². The van der Waals surface area contributed by atoms with E-state index < -0.39 is 0 Å². The summed E-state index contributed by atoms with van der Waals surface area (Å²) in [6, 6.07) is 15.5. The molecule has 2 N–H and O–H groups in total. The van der Waals surface area contributed by atoms with Gasteiger partial charge in [0.1, 0.15) is 5.82 Å². The van der Waals surface area contributed by atoms with Gasteiger partial charge in [0.25, 0.3) is 0 Å². The molecule has 0 radical (unpaired) electrons. The third kappa shape index (κ3) is 2.59. The summed E-state index contributed by atoms with van der Waals surface area (Å²) in [5.74, 6) is 0.821. The first kappa shape index (κ1) is 12.2. The van der Waals surface area contributed by atoms with Gasteiger partial charge in [-0.25, -0.2) is 4.98 Å². The Labute approximate surface area is 116 Å². The van der Waals surface area contributed by atoms with Crippen molar-refractivity contribution in [3.8, 4) is 0 Å². The largest absolute Gasteiger partial charge is 0.338 e. The molecule has 1 aromatic heterocycles. The summed E-state index contributed by atoms with van der Waals surface area (Å²) < 4.78 is 0. The fraction of sp³-hybridized carbons (Fsp3) is 0. The molecule has 0 spiro atoms. The second kappa shape index (κ2) is 5.40. The quantitative estimate of drug-likeness (QED) is 0.709. The number of carbonyl (C=O) groups excluding carboxylic acids is 1. The van der Waals surface area contributed by atoms with Crippen molar-refractivity contribution in [1.29, 1.82) is 0 Å². The van der Waals surface area contributed by atoms with E-state index in [0.717, 1.165) is 28.1 Å². The Bertz CT molecular complexity index is 724. The summed E-state index contributed by atoms with van der Waals surface area (Å²) in [4.78, 5) is 18.0. The Morgan fingerprint density at radius 1 is 1.00 bits per heavy atom. The van der Waals surface area contributed by atoms with Crippen LogP contribution in [0, 0.1) is 0 Å². The average Bonchev–Trinajstić information content (AvgIpc) is 2.90. The van der Waals surface area contributed by atoms with Crippen LogP contribution in [-0.2, 0) is 4.79 Å². The van der Waals surface area contributed by atoms with Crippen molar-refractivity contribution >= 4 is 35.3 Å². The number of hydrogen-bond donors (Lipinski definition) is 2. The van der Waals surface area contributed by atoms with E-state index in [2.05, 4.69) is 15.3 Å². The van der Waals surface area contributed by atoms with Crippen LogP contribution in [0.5, 0.6) is 0 Å². The zero-order valence-electron chi connectivity index (χ0n) is 10.7. The first-order chi connectivity index (χ1) is 9.85. The van der Waals surface area contributed by atoms with Gasteiger partial charge in [-0.05, 0) is 35.9 Å². The number of rotatable bonds is 4. The van der Waals surface area contributed by atoms with Crippen molar-refractivity contribution in [3.05, 3.63) is 59.9 Å². The number of anilines is 1. The Morgan fingerprint density at radius 2 is 1.80 bits per heavy atom. The van der Waals surface area contributed by atoms with Gasteiger partial charge in [0.15, 0.2) is 0 Å². The number of aromatic nitrogens is 2. The maximum absolute atomic E-state index is 10.3. The highest BCUT2D eigenvalue weighted by Gasteiger charge is 1.98. The summed E-state index contributed by atoms with van der Waals surface area (Å²) >= 11 is 0. The normalized spacial score (nSPS) is 11.0. The highest BCUT2D eigenvalue weighted by Crippen LogP contribution is 2.14. The van der Waals surface area contributed by atoms with Gasteiger partial charge < -0.3 is 10.3 Å². The molecule has 0 saturated heterocycles. The van der Waals surface area contributed by atoms with Crippen LogP contribution in [-0.4, -0.2) is 16.4 Å². The molecule has 4 nitrogen and oxygen atoms in total. The lowest BCUT2D eigenvalue weighted by Crippen LogP contribution is -1.92. The van der Waals surface area contributed by atoms with Gasteiger partial charge in [-0.15, -0.1) is 0 Å². The Hall–Kier alpha value is -2.88. The number of para-hydroxylation sites is 2. The van der Waals surface area contributed by atoms with E-state index in [9.17, 15) is 4.79 Å². The van der Waals surface area contributed by atoms with Crippen LogP contribution >= 0.6 is 0 Å². The van der Waals surface area contributed by atoms with Crippen molar-refractivity contribution < 1.29 is 4.79 Å². The van der Waals surface area contributed by atoms with Gasteiger partial charge in [0.05, 0.1) is 11.0 Å². The summed E-state index contributed by atoms with van der Waals surface area (Å²) in [6.07, 6.45) is 4.57. The minimum absolute atomic E-state index is 0.666. The number of carbonyl (C=O) groups is 1. The van der Waals surface area contributed by atoms with Crippen LogP contribution in [0.2, 0.25) is 0 Å². The van der Waals surface area contributed by atoms with Crippen LogP contribution in [0.3, 0.4) is 0 Å². The second-order valence-electron chi connectivity index (χ2n) is 4.36. The SMILES string of the molecule is O=CNc1ccc(C=Cc2nc3ccccc3[nH]2)cc1. The van der Waals surface area contributed by atoms with Crippen LogP contribution < -0.4 is 5.32 Å². The van der Waals surface area contributed by atoms with Gasteiger partial charge in [0.2, 0.25) is 6.41 Å². The number of nitrogens with zero attached hydrogens (tertiary/aromatic N) is 1. The zero-order chi connectivity index (χ0) is 13.8. The molecule has 0 aliphatic carbocycles. The van der Waals surface area contributed by atoms with E-state index in [4.69, 9.17) is 0 Å². The predicted molar refractivity (Wildman–Crippen MR) is 81.2 cm³/mol. The Kier molecular flexibility index (Phi) is 3.29. The molecule has 2 aromatic carbocycles. The standard InChI is InChI=1S/C16H13N3O/c20-11-17-13-8-5-12(6-9-13)7-10-16-18-14-3-1-2-4-15(14)19-16/h1-11H,(H,17,20)(H,18,19). The number of H-pyrrole nitrogens is 1. The molecule has 1 heterocycles. The molecule has 0 bridgehead atoms. The van der Waals surface area contributed by atoms with E-state index in [-0.39, 0.29) is 0 Å². The monoisotopic (exact) mass is 263 g/mol. The molecule has 0 unspecified atom stereocenters. The molecule has 0 aliphatic heterocycles. The summed E-state index contributed by atoms with van der Waals surface area (Å²) in [5.41, 5.74) is 3.80. The van der Waals surface area contributed by atoms with Gasteiger partial charge in [-0.2, -0.15) is 0 Å². The molecule has 0 fully saturated rings. The fourth-order valence-electron chi connectivity index (χ4n) is 1.99. The van der Waals surface area contributed by atoms with Crippen LogP contribution in [0.25, 0.3) is 23.2 Å². The highest BCUT2D eigenvalue weighted by molar-refractivity contribution is 5.79. The molecule has 3 rings (SSSR count). The molecular weight excluding hydrogens is 250 g/mol. The predicted octanol–water partition coefficient (Wildman–Crippen LogP) is 3.30. The van der Waals surface area contributed by atoms with E-state index >= 15 is 0 Å². The molecule has 20 heavy (non-hydrogen) atoms. The fourth-order valence-corrected chi connectivity index (χ4v) is 1.99. The van der Waals surface area contributed by atoms with E-state index in [0.29, 0.717) is 6.41 Å². The molecule has 98 valence electrons. The van der Waals surface area contributed by atoms with Crippen LogP contribution in [0.1, 0.15) is 11.4 Å². The first-order valence-electron chi connectivity index (χ1n) is 6.28. The third-order valence-corrected chi connectivity index (χ3v) is 2.98. The second-order valence-corrected chi connectivity index (χ2v) is 4.36. The maximum Gasteiger partial charge on any atom is 0.211 e. The average molecular weight is 263 g/mol. The summed E-state index contributed by atoms with van der Waals surface area (Å²) in [5, 5.41) is 2.60. The Balaban J connectivity index is 1.80. The van der Waals surface area contributed by atoms with Crippen LogP contribution in [0.15, 0.2) is 48.5 Å². The molecular formula is C16H13N3O. The van der Waals surface area contributed by atoms with Gasteiger partial charge in [-0.1, -0.05) is 30.3 Å². The van der Waals surface area contributed by atoms with Gasteiger partial charge in [0, 0.05) is 5.69 Å². The molecule has 0 aliphatic rings. The molecule has 0 saturated carbocycles. The number of hydrogen-bond acceptors (Lipinski definition) is 2. The highest BCUT2D eigenvalue weighted by atomic mass is 16.1. The molecule has 3 aromatic rings. The van der Waals surface area contributed by atoms with Crippen molar-refractivity contribution in [2.24, 2.45) is 0 Å².